The van der Waals surface area contributed by atoms with Crippen molar-refractivity contribution in [2.45, 2.75) is 51.4 Å². The SMILES string of the molecule is CC(C)N(C)c1nc2c(n1C)N=C(C1CC3CC1CC3O)N(C)C2N. The van der Waals surface area contributed by atoms with Crippen LogP contribution in [0.4, 0.5) is 11.8 Å². The van der Waals surface area contributed by atoms with Crippen LogP contribution in [-0.2, 0) is 7.05 Å². The highest BCUT2D eigenvalue weighted by Crippen LogP contribution is 2.50. The van der Waals surface area contributed by atoms with Gasteiger partial charge in [0, 0.05) is 33.1 Å². The third-order valence-corrected chi connectivity index (χ3v) is 6.59. The molecule has 0 saturated heterocycles. The lowest BCUT2D eigenvalue weighted by Crippen LogP contribution is -2.44. The molecule has 5 unspecified atom stereocenters. The van der Waals surface area contributed by atoms with E-state index in [-0.39, 0.29) is 12.3 Å². The first-order chi connectivity index (χ1) is 11.8. The number of fused-ring (bicyclic) bond motifs is 3. The fraction of sp³-hybridized carbons (Fsp3) is 0.778. The van der Waals surface area contributed by atoms with Crippen molar-refractivity contribution in [2.75, 3.05) is 19.0 Å². The molecule has 3 aliphatic rings. The molecule has 2 aliphatic carbocycles. The van der Waals surface area contributed by atoms with Crippen molar-refractivity contribution in [1.82, 2.24) is 14.5 Å². The van der Waals surface area contributed by atoms with E-state index in [1.54, 1.807) is 0 Å². The minimum absolute atomic E-state index is 0.122. The van der Waals surface area contributed by atoms with E-state index >= 15 is 0 Å². The second kappa shape index (κ2) is 5.71. The van der Waals surface area contributed by atoms with Crippen LogP contribution in [0, 0.1) is 17.8 Å². The zero-order chi connectivity index (χ0) is 18.0. The van der Waals surface area contributed by atoms with Gasteiger partial charge in [-0.15, -0.1) is 0 Å². The van der Waals surface area contributed by atoms with Crippen molar-refractivity contribution in [2.24, 2.45) is 35.5 Å². The number of amidine groups is 1. The van der Waals surface area contributed by atoms with Gasteiger partial charge in [0.1, 0.15) is 17.7 Å². The summed E-state index contributed by atoms with van der Waals surface area (Å²) in [5, 5.41) is 10.1. The molecule has 4 rings (SSSR count). The van der Waals surface area contributed by atoms with Gasteiger partial charge in [-0.2, -0.15) is 0 Å². The van der Waals surface area contributed by atoms with Crippen molar-refractivity contribution in [1.29, 1.82) is 0 Å². The van der Waals surface area contributed by atoms with Gasteiger partial charge in [0.25, 0.3) is 0 Å². The third-order valence-electron chi connectivity index (χ3n) is 6.59. The first-order valence-corrected chi connectivity index (χ1v) is 9.34. The molecule has 1 aliphatic heterocycles. The van der Waals surface area contributed by atoms with Crippen LogP contribution >= 0.6 is 0 Å². The standard InChI is InChI=1S/C18H30N6O/c1-9(2)22(3)18-20-14-15(19)23(4)16(21-17(14)24(18)5)12-7-11-6-10(12)8-13(11)25/h9-13,15,25H,6-8,19H2,1-5H3. The Hall–Kier alpha value is -1.60. The van der Waals surface area contributed by atoms with Crippen LogP contribution in [0.3, 0.4) is 0 Å². The Morgan fingerprint density at radius 2 is 1.92 bits per heavy atom. The fourth-order valence-electron chi connectivity index (χ4n) is 4.80. The molecule has 0 amide bonds. The quantitative estimate of drug-likeness (QED) is 0.869. The number of nitrogens with two attached hydrogens (primary N) is 1. The Kier molecular flexibility index (Phi) is 3.85. The van der Waals surface area contributed by atoms with E-state index in [0.717, 1.165) is 42.6 Å². The molecule has 2 saturated carbocycles. The van der Waals surface area contributed by atoms with Crippen LogP contribution in [-0.4, -0.2) is 51.6 Å². The number of anilines is 1. The highest BCUT2D eigenvalue weighted by molar-refractivity contribution is 5.89. The second-order valence-corrected chi connectivity index (χ2v) is 8.31. The topological polar surface area (TPSA) is 82.9 Å². The van der Waals surface area contributed by atoms with Crippen LogP contribution in [0.1, 0.15) is 45.0 Å². The minimum atomic E-state index is -0.271. The molecule has 2 bridgehead atoms. The van der Waals surface area contributed by atoms with Crippen molar-refractivity contribution in [3.63, 3.8) is 0 Å². The van der Waals surface area contributed by atoms with Crippen molar-refractivity contribution in [3.8, 4) is 0 Å². The summed E-state index contributed by atoms with van der Waals surface area (Å²) in [6, 6.07) is 0.354. The van der Waals surface area contributed by atoms with E-state index in [1.165, 1.54) is 0 Å². The molecular weight excluding hydrogens is 316 g/mol. The van der Waals surface area contributed by atoms with Crippen LogP contribution in [0.2, 0.25) is 0 Å². The van der Waals surface area contributed by atoms with Gasteiger partial charge in [0.2, 0.25) is 5.95 Å². The molecule has 7 heteroatoms. The van der Waals surface area contributed by atoms with E-state index < -0.39 is 0 Å². The van der Waals surface area contributed by atoms with Crippen molar-refractivity contribution in [3.05, 3.63) is 5.69 Å². The van der Waals surface area contributed by atoms with E-state index in [9.17, 15) is 5.11 Å². The largest absolute Gasteiger partial charge is 0.393 e. The number of nitrogens with zero attached hydrogens (tertiary/aromatic N) is 5. The summed E-state index contributed by atoms with van der Waals surface area (Å²) in [6.07, 6.45) is 2.65. The highest BCUT2D eigenvalue weighted by Gasteiger charge is 2.49. The molecule has 0 aromatic carbocycles. The number of hydrogen-bond acceptors (Lipinski definition) is 6. The van der Waals surface area contributed by atoms with Crippen LogP contribution in [0.25, 0.3) is 0 Å². The molecule has 0 radical (unpaired) electrons. The van der Waals surface area contributed by atoms with Gasteiger partial charge in [0.15, 0.2) is 5.82 Å². The zero-order valence-electron chi connectivity index (χ0n) is 15.8. The maximum absolute atomic E-state index is 10.1. The predicted octanol–water partition coefficient (Wildman–Crippen LogP) is 1.60. The molecular formula is C18H30N6O. The Bertz CT molecular complexity index is 709. The molecule has 2 heterocycles. The molecule has 1 aromatic heterocycles. The molecule has 2 fully saturated rings. The summed E-state index contributed by atoms with van der Waals surface area (Å²) < 4.78 is 2.06. The van der Waals surface area contributed by atoms with Gasteiger partial charge in [-0.05, 0) is 44.9 Å². The van der Waals surface area contributed by atoms with Gasteiger partial charge < -0.3 is 20.6 Å². The Morgan fingerprint density at radius 1 is 1.20 bits per heavy atom. The molecule has 0 spiro atoms. The fourth-order valence-corrected chi connectivity index (χ4v) is 4.80. The summed E-state index contributed by atoms with van der Waals surface area (Å²) >= 11 is 0. The van der Waals surface area contributed by atoms with Crippen LogP contribution < -0.4 is 10.6 Å². The molecule has 1 aromatic rings. The smallest absolute Gasteiger partial charge is 0.207 e. The number of aliphatic hydroxyl groups excluding tert-OH is 1. The monoisotopic (exact) mass is 346 g/mol. The van der Waals surface area contributed by atoms with Gasteiger partial charge in [0.05, 0.1) is 6.10 Å². The maximum atomic E-state index is 10.1. The van der Waals surface area contributed by atoms with E-state index in [0.29, 0.717) is 23.8 Å². The van der Waals surface area contributed by atoms with Gasteiger partial charge in [-0.3, -0.25) is 4.57 Å². The first-order valence-electron chi connectivity index (χ1n) is 9.34. The molecule has 138 valence electrons. The van der Waals surface area contributed by atoms with E-state index in [1.807, 2.05) is 14.1 Å². The summed E-state index contributed by atoms with van der Waals surface area (Å²) in [4.78, 5) is 14.1. The lowest BCUT2D eigenvalue weighted by Gasteiger charge is -2.36. The van der Waals surface area contributed by atoms with Crippen LogP contribution in [0.5, 0.6) is 0 Å². The normalized spacial score (nSPS) is 33.8. The predicted molar refractivity (Wildman–Crippen MR) is 98.9 cm³/mol. The Labute approximate surface area is 149 Å². The van der Waals surface area contributed by atoms with Gasteiger partial charge >= 0.3 is 0 Å². The number of imidazole rings is 1. The maximum Gasteiger partial charge on any atom is 0.207 e. The summed E-state index contributed by atoms with van der Waals surface area (Å²) in [5.41, 5.74) is 7.38. The van der Waals surface area contributed by atoms with Crippen molar-refractivity contribution < 1.29 is 5.11 Å². The number of hydrogen-bond donors (Lipinski definition) is 2. The molecule has 7 nitrogen and oxygen atoms in total. The highest BCUT2D eigenvalue weighted by atomic mass is 16.3. The number of aromatic nitrogens is 2. The lowest BCUT2D eigenvalue weighted by atomic mass is 9.85. The lowest BCUT2D eigenvalue weighted by molar-refractivity contribution is 0.103. The molecule has 5 atom stereocenters. The van der Waals surface area contributed by atoms with E-state index in [4.69, 9.17) is 15.7 Å². The van der Waals surface area contributed by atoms with E-state index in [2.05, 4.69) is 35.3 Å². The minimum Gasteiger partial charge on any atom is -0.393 e. The first kappa shape index (κ1) is 16.8. The van der Waals surface area contributed by atoms with Gasteiger partial charge in [-0.1, -0.05) is 0 Å². The average Bonchev–Trinajstić information content (AvgIpc) is 3.22. The number of aliphatic hydroxyl groups is 1. The Balaban J connectivity index is 1.72. The van der Waals surface area contributed by atoms with Gasteiger partial charge in [-0.25, -0.2) is 9.98 Å². The zero-order valence-corrected chi connectivity index (χ0v) is 15.8. The van der Waals surface area contributed by atoms with Crippen molar-refractivity contribution >= 4 is 17.6 Å². The van der Waals surface area contributed by atoms with Crippen LogP contribution in [0.15, 0.2) is 4.99 Å². The summed E-state index contributed by atoms with van der Waals surface area (Å²) in [7, 11) is 6.09. The number of rotatable bonds is 3. The summed E-state index contributed by atoms with van der Waals surface area (Å²) in [5.74, 6) is 4.21. The second-order valence-electron chi connectivity index (χ2n) is 8.31. The Morgan fingerprint density at radius 3 is 2.48 bits per heavy atom. The molecule has 25 heavy (non-hydrogen) atoms. The molecule has 3 N–H and O–H groups in total. The average molecular weight is 346 g/mol. The third kappa shape index (κ3) is 2.39. The summed E-state index contributed by atoms with van der Waals surface area (Å²) in [6.45, 7) is 4.30. The number of aliphatic imine (C=N–C) groups is 1.